The molecule has 0 spiro atoms. The van der Waals surface area contributed by atoms with Crippen LogP contribution in [0.15, 0.2) is 55.1 Å². The molecule has 32 heavy (non-hydrogen) atoms. The lowest BCUT2D eigenvalue weighted by molar-refractivity contribution is 0.0885. The highest BCUT2D eigenvalue weighted by atomic mass is 16.5. The van der Waals surface area contributed by atoms with Gasteiger partial charge in [0.2, 0.25) is 11.7 Å². The van der Waals surface area contributed by atoms with E-state index >= 15 is 0 Å². The molecule has 2 N–H and O–H groups in total. The fourth-order valence-corrected chi connectivity index (χ4v) is 3.48. The molecule has 0 saturated heterocycles. The van der Waals surface area contributed by atoms with Crippen molar-refractivity contribution in [3.8, 4) is 11.4 Å². The third-order valence-corrected chi connectivity index (χ3v) is 5.09. The molecule has 1 unspecified atom stereocenters. The topological polar surface area (TPSA) is 136 Å². The molecule has 0 radical (unpaired) electrons. The Hall–Kier alpha value is -3.95. The van der Waals surface area contributed by atoms with E-state index in [0.29, 0.717) is 35.4 Å². The lowest BCUT2D eigenvalue weighted by atomic mass is 10.0. The Morgan fingerprint density at radius 1 is 1.25 bits per heavy atom. The molecule has 10 nitrogen and oxygen atoms in total. The monoisotopic (exact) mass is 437 g/mol. The van der Waals surface area contributed by atoms with E-state index in [2.05, 4.69) is 20.4 Å². The van der Waals surface area contributed by atoms with Crippen molar-refractivity contribution in [3.63, 3.8) is 0 Å². The second-order valence-electron chi connectivity index (χ2n) is 7.77. The Balaban J connectivity index is 1.67. The van der Waals surface area contributed by atoms with Crippen LogP contribution in [0.25, 0.3) is 22.4 Å². The lowest BCUT2D eigenvalue weighted by Crippen LogP contribution is -2.36. The quantitative estimate of drug-likeness (QED) is 0.424. The van der Waals surface area contributed by atoms with Crippen LogP contribution >= 0.6 is 0 Å². The molecule has 0 fully saturated rings. The zero-order chi connectivity index (χ0) is 22.8. The highest BCUT2D eigenvalue weighted by Gasteiger charge is 2.26. The molecule has 1 amide bonds. The number of benzene rings is 1. The van der Waals surface area contributed by atoms with Gasteiger partial charge in [0.25, 0.3) is 5.91 Å². The fourth-order valence-electron chi connectivity index (χ4n) is 3.48. The largest absolute Gasteiger partial charge is 0.459 e. The number of aryl methyl sites for hydroxylation is 1. The number of aromatic amines is 1. The van der Waals surface area contributed by atoms with Crippen LogP contribution in [0.2, 0.25) is 0 Å². The fraction of sp³-hybridized carbons (Fsp3) is 0.318. The van der Waals surface area contributed by atoms with Crippen LogP contribution in [0, 0.1) is 5.92 Å². The molecular formula is C22H23N5O5. The highest BCUT2D eigenvalue weighted by Crippen LogP contribution is 2.25. The Labute approximate surface area is 182 Å². The number of nitrogens with zero attached hydrogens (tertiary/aromatic N) is 3. The predicted molar refractivity (Wildman–Crippen MR) is 116 cm³/mol. The summed E-state index contributed by atoms with van der Waals surface area (Å²) in [5.41, 5.74) is 0.455. The number of nitrogens with one attached hydrogen (secondary N) is 2. The molecule has 4 rings (SSSR count). The van der Waals surface area contributed by atoms with E-state index in [9.17, 15) is 14.4 Å². The van der Waals surface area contributed by atoms with Gasteiger partial charge in [0.1, 0.15) is 6.04 Å². The predicted octanol–water partition coefficient (Wildman–Crippen LogP) is 2.87. The van der Waals surface area contributed by atoms with Gasteiger partial charge in [0.05, 0.1) is 17.3 Å². The number of fused-ring (bicyclic) bond motifs is 1. The maximum Gasteiger partial charge on any atom is 0.316 e. The van der Waals surface area contributed by atoms with Crippen LogP contribution in [-0.4, -0.2) is 25.6 Å². The highest BCUT2D eigenvalue weighted by molar-refractivity contribution is 5.91. The summed E-state index contributed by atoms with van der Waals surface area (Å²) in [6.07, 6.45) is 2.14. The molecule has 4 aromatic rings. The second-order valence-corrected chi connectivity index (χ2v) is 7.77. The number of amides is 1. The Morgan fingerprint density at radius 2 is 2.06 bits per heavy atom. The van der Waals surface area contributed by atoms with Gasteiger partial charge in [-0.2, -0.15) is 4.98 Å². The number of H-pyrrole nitrogens is 1. The van der Waals surface area contributed by atoms with Gasteiger partial charge in [0, 0.05) is 12.1 Å². The molecular weight excluding hydrogens is 414 g/mol. The lowest BCUT2D eigenvalue weighted by Gasteiger charge is -2.17. The second kappa shape index (κ2) is 8.66. The zero-order valence-electron chi connectivity index (χ0n) is 17.9. The van der Waals surface area contributed by atoms with E-state index in [1.807, 2.05) is 20.8 Å². The first-order valence-corrected chi connectivity index (χ1v) is 10.3. The minimum Gasteiger partial charge on any atom is -0.459 e. The molecule has 1 atom stereocenters. The van der Waals surface area contributed by atoms with Gasteiger partial charge < -0.3 is 23.8 Å². The molecule has 3 heterocycles. The molecule has 10 heteroatoms. The molecule has 0 aliphatic heterocycles. The number of carbonyl (C=O) groups excluding carboxylic acids is 1. The number of hydrogen-bond donors (Lipinski definition) is 2. The van der Waals surface area contributed by atoms with Crippen molar-refractivity contribution in [2.45, 2.75) is 39.8 Å². The van der Waals surface area contributed by atoms with Gasteiger partial charge >= 0.3 is 11.1 Å². The molecule has 0 aliphatic carbocycles. The maximum absolute atomic E-state index is 12.4. The first-order chi connectivity index (χ1) is 15.4. The van der Waals surface area contributed by atoms with Gasteiger partial charge in [-0.1, -0.05) is 25.9 Å². The smallest absolute Gasteiger partial charge is 0.316 e. The van der Waals surface area contributed by atoms with Crippen molar-refractivity contribution in [3.05, 3.63) is 69.0 Å². The van der Waals surface area contributed by atoms with Gasteiger partial charge in [-0.15, -0.1) is 0 Å². The zero-order valence-corrected chi connectivity index (χ0v) is 17.9. The third kappa shape index (κ3) is 3.98. The van der Waals surface area contributed by atoms with E-state index < -0.39 is 17.2 Å². The van der Waals surface area contributed by atoms with Crippen LogP contribution in [0.1, 0.15) is 49.7 Å². The van der Waals surface area contributed by atoms with E-state index in [0.717, 1.165) is 0 Å². The molecule has 0 aliphatic rings. The maximum atomic E-state index is 12.4. The normalized spacial score (nSPS) is 12.4. The van der Waals surface area contributed by atoms with Crippen molar-refractivity contribution >= 4 is 16.9 Å². The summed E-state index contributed by atoms with van der Waals surface area (Å²) in [4.78, 5) is 43.7. The average Bonchev–Trinajstić information content (AvgIpc) is 3.47. The average molecular weight is 437 g/mol. The minimum absolute atomic E-state index is 0.0290. The molecule has 1 aromatic carbocycles. The van der Waals surface area contributed by atoms with Gasteiger partial charge in [-0.25, -0.2) is 0 Å². The molecule has 0 saturated carbocycles. The SMILES string of the molecule is CCCn1c(=O)c(=O)[nH]c2cc(-c3noc(C(NC(=O)c4ccco4)C(C)C)n3)ccc21. The van der Waals surface area contributed by atoms with Crippen LogP contribution in [0.4, 0.5) is 0 Å². The molecule has 3 aromatic heterocycles. The summed E-state index contributed by atoms with van der Waals surface area (Å²) in [5, 5.41) is 6.89. The summed E-state index contributed by atoms with van der Waals surface area (Å²) in [7, 11) is 0. The summed E-state index contributed by atoms with van der Waals surface area (Å²) in [6.45, 7) is 6.22. The van der Waals surface area contributed by atoms with Crippen LogP contribution < -0.4 is 16.4 Å². The van der Waals surface area contributed by atoms with Crippen LogP contribution in [0.3, 0.4) is 0 Å². The summed E-state index contributed by atoms with van der Waals surface area (Å²) in [6, 6.07) is 7.87. The first-order valence-electron chi connectivity index (χ1n) is 10.3. The van der Waals surface area contributed by atoms with E-state index in [1.165, 1.54) is 10.8 Å². The number of aromatic nitrogens is 4. The Bertz CT molecular complexity index is 1360. The van der Waals surface area contributed by atoms with Crippen LogP contribution in [-0.2, 0) is 6.54 Å². The number of furan rings is 1. The van der Waals surface area contributed by atoms with Crippen molar-refractivity contribution in [2.75, 3.05) is 0 Å². The van der Waals surface area contributed by atoms with Crippen molar-refractivity contribution in [2.24, 2.45) is 5.92 Å². The minimum atomic E-state index is -0.683. The van der Waals surface area contributed by atoms with Crippen LogP contribution in [0.5, 0.6) is 0 Å². The van der Waals surface area contributed by atoms with E-state index in [-0.39, 0.29) is 23.5 Å². The van der Waals surface area contributed by atoms with E-state index in [1.54, 1.807) is 30.3 Å². The Kier molecular flexibility index (Phi) is 5.76. The van der Waals surface area contributed by atoms with Gasteiger partial charge in [0.15, 0.2) is 5.76 Å². The van der Waals surface area contributed by atoms with Crippen molar-refractivity contribution < 1.29 is 13.7 Å². The first kappa shape index (κ1) is 21.3. The van der Waals surface area contributed by atoms with E-state index in [4.69, 9.17) is 8.94 Å². The Morgan fingerprint density at radius 3 is 2.75 bits per heavy atom. The van der Waals surface area contributed by atoms with Crippen molar-refractivity contribution in [1.82, 2.24) is 25.0 Å². The van der Waals surface area contributed by atoms with Gasteiger partial charge in [-0.3, -0.25) is 14.4 Å². The number of carbonyl (C=O) groups is 1. The summed E-state index contributed by atoms with van der Waals surface area (Å²) < 4.78 is 12.0. The van der Waals surface area contributed by atoms with Crippen molar-refractivity contribution in [1.29, 1.82) is 0 Å². The van der Waals surface area contributed by atoms with Gasteiger partial charge in [-0.05, 0) is 42.7 Å². The standard InChI is InChI=1S/C22H23N5O5/c1-4-9-27-15-8-7-13(11-14(15)23-20(29)22(27)30)18-25-21(32-26-18)17(12(2)3)24-19(28)16-6-5-10-31-16/h5-8,10-12,17H,4,9H2,1-3H3,(H,23,29)(H,24,28). The molecule has 0 bridgehead atoms. The number of rotatable bonds is 7. The summed E-state index contributed by atoms with van der Waals surface area (Å²) >= 11 is 0. The number of hydrogen-bond acceptors (Lipinski definition) is 7. The summed E-state index contributed by atoms with van der Waals surface area (Å²) in [5.74, 6) is 0.324. The molecule has 166 valence electrons. The third-order valence-electron chi connectivity index (χ3n) is 5.09.